The Hall–Kier alpha value is -1.10. The second-order valence-corrected chi connectivity index (χ2v) is 3.26. The van der Waals surface area contributed by atoms with Crippen LogP contribution in [0.2, 0.25) is 0 Å². The van der Waals surface area contributed by atoms with Crippen LogP contribution in [-0.4, -0.2) is 13.0 Å². The number of nitrogens with one attached hydrogen (secondary N) is 1. The third kappa shape index (κ3) is 1.80. The molecule has 0 bridgehead atoms. The summed E-state index contributed by atoms with van der Waals surface area (Å²) in [7, 11) is 1.46. The number of hydrogen-bond donors (Lipinski definition) is 2. The fourth-order valence-electron chi connectivity index (χ4n) is 0.899. The molecule has 0 fully saturated rings. The predicted molar refractivity (Wildman–Crippen MR) is 51.9 cm³/mol. The Morgan fingerprint density at radius 1 is 1.62 bits per heavy atom. The Morgan fingerprint density at radius 3 is 2.77 bits per heavy atom. The Labute approximate surface area is 83.2 Å². The van der Waals surface area contributed by atoms with Gasteiger partial charge in [0.05, 0.1) is 15.7 Å². The van der Waals surface area contributed by atoms with E-state index in [4.69, 9.17) is 5.73 Å². The molecule has 0 aliphatic rings. The van der Waals surface area contributed by atoms with Gasteiger partial charge in [-0.3, -0.25) is 4.79 Å². The van der Waals surface area contributed by atoms with E-state index in [9.17, 15) is 9.18 Å². The second kappa shape index (κ2) is 3.74. The molecule has 70 valence electrons. The summed E-state index contributed by atoms with van der Waals surface area (Å²) < 4.78 is 13.4. The van der Waals surface area contributed by atoms with Gasteiger partial charge in [0.25, 0.3) is 5.91 Å². The van der Waals surface area contributed by atoms with Crippen molar-refractivity contribution in [3.05, 3.63) is 28.0 Å². The lowest BCUT2D eigenvalue weighted by Crippen LogP contribution is -2.19. The van der Waals surface area contributed by atoms with Crippen molar-refractivity contribution in [2.75, 3.05) is 12.8 Å². The minimum atomic E-state index is -0.610. The number of halogens is 2. The van der Waals surface area contributed by atoms with E-state index in [1.54, 1.807) is 0 Å². The van der Waals surface area contributed by atoms with Crippen molar-refractivity contribution in [2.24, 2.45) is 0 Å². The summed E-state index contributed by atoms with van der Waals surface area (Å²) in [5, 5.41) is 2.37. The summed E-state index contributed by atoms with van der Waals surface area (Å²) >= 11 is 2.96. The number of nitrogens with two attached hydrogens (primary N) is 1. The van der Waals surface area contributed by atoms with Crippen LogP contribution in [0.5, 0.6) is 0 Å². The molecule has 0 heterocycles. The van der Waals surface area contributed by atoms with Crippen LogP contribution in [-0.2, 0) is 0 Å². The number of carbonyl (C=O) groups excluding carboxylic acids is 1. The summed E-state index contributed by atoms with van der Waals surface area (Å²) in [5.41, 5.74) is 5.39. The molecule has 1 amide bonds. The molecular formula is C8H8BrFN2O. The number of hydrogen-bond acceptors (Lipinski definition) is 2. The number of benzene rings is 1. The van der Waals surface area contributed by atoms with E-state index in [0.717, 1.165) is 0 Å². The lowest BCUT2D eigenvalue weighted by molar-refractivity contribution is 0.0963. The van der Waals surface area contributed by atoms with Crippen LogP contribution in [0.3, 0.4) is 0 Å². The van der Waals surface area contributed by atoms with Gasteiger partial charge < -0.3 is 11.1 Å². The molecule has 3 N–H and O–H groups in total. The van der Waals surface area contributed by atoms with Gasteiger partial charge in [-0.1, -0.05) is 0 Å². The lowest BCUT2D eigenvalue weighted by atomic mass is 10.1. The quantitative estimate of drug-likeness (QED) is 0.739. The van der Waals surface area contributed by atoms with Gasteiger partial charge >= 0.3 is 0 Å². The first-order valence-electron chi connectivity index (χ1n) is 3.53. The standard InChI is InChI=1S/C8H8BrFN2O/c1-12-8(13)4-2-3-5(9)6(10)7(4)11/h2-3H,11H2,1H3,(H,12,13). The molecule has 0 unspecified atom stereocenters. The Kier molecular flexibility index (Phi) is 2.87. The van der Waals surface area contributed by atoms with Crippen molar-refractivity contribution < 1.29 is 9.18 Å². The van der Waals surface area contributed by atoms with Crippen molar-refractivity contribution in [3.63, 3.8) is 0 Å². The minimum absolute atomic E-state index is 0.142. The Bertz CT molecular complexity index is 354. The molecular weight excluding hydrogens is 239 g/mol. The highest BCUT2D eigenvalue weighted by Gasteiger charge is 2.13. The molecule has 0 radical (unpaired) electrons. The summed E-state index contributed by atoms with van der Waals surface area (Å²) in [6.45, 7) is 0. The smallest absolute Gasteiger partial charge is 0.253 e. The third-order valence-corrected chi connectivity index (χ3v) is 2.22. The molecule has 0 saturated heterocycles. The largest absolute Gasteiger partial charge is 0.396 e. The van der Waals surface area contributed by atoms with E-state index in [2.05, 4.69) is 21.2 Å². The molecule has 0 atom stereocenters. The Morgan fingerprint density at radius 2 is 2.23 bits per heavy atom. The molecule has 0 aliphatic heterocycles. The third-order valence-electron chi connectivity index (χ3n) is 1.60. The molecule has 0 spiro atoms. The predicted octanol–water partition coefficient (Wildman–Crippen LogP) is 1.53. The summed E-state index contributed by atoms with van der Waals surface area (Å²) in [6, 6.07) is 2.90. The fraction of sp³-hybridized carbons (Fsp3) is 0.125. The molecule has 0 aliphatic carbocycles. The highest BCUT2D eigenvalue weighted by molar-refractivity contribution is 9.10. The van der Waals surface area contributed by atoms with E-state index in [1.165, 1.54) is 19.2 Å². The number of rotatable bonds is 1. The number of anilines is 1. The van der Waals surface area contributed by atoms with Gasteiger partial charge in [-0.05, 0) is 28.1 Å². The fourth-order valence-corrected chi connectivity index (χ4v) is 1.24. The van der Waals surface area contributed by atoms with Gasteiger partial charge in [-0.25, -0.2) is 4.39 Å². The second-order valence-electron chi connectivity index (χ2n) is 2.40. The van der Waals surface area contributed by atoms with Crippen LogP contribution in [0.15, 0.2) is 16.6 Å². The van der Waals surface area contributed by atoms with Crippen molar-refractivity contribution in [1.29, 1.82) is 0 Å². The van der Waals surface area contributed by atoms with Gasteiger partial charge in [0, 0.05) is 7.05 Å². The molecule has 3 nitrogen and oxygen atoms in total. The van der Waals surface area contributed by atoms with Crippen molar-refractivity contribution >= 4 is 27.5 Å². The van der Waals surface area contributed by atoms with Crippen LogP contribution in [0, 0.1) is 5.82 Å². The monoisotopic (exact) mass is 246 g/mol. The zero-order valence-corrected chi connectivity index (χ0v) is 8.48. The summed E-state index contributed by atoms with van der Waals surface area (Å²) in [4.78, 5) is 11.1. The van der Waals surface area contributed by atoms with E-state index in [-0.39, 0.29) is 15.7 Å². The zero-order chi connectivity index (χ0) is 10.0. The Balaban J connectivity index is 3.26. The molecule has 13 heavy (non-hydrogen) atoms. The highest BCUT2D eigenvalue weighted by atomic mass is 79.9. The van der Waals surface area contributed by atoms with Gasteiger partial charge in [0.1, 0.15) is 0 Å². The van der Waals surface area contributed by atoms with E-state index in [1.807, 2.05) is 0 Å². The average molecular weight is 247 g/mol. The van der Waals surface area contributed by atoms with Crippen LogP contribution in [0.4, 0.5) is 10.1 Å². The zero-order valence-electron chi connectivity index (χ0n) is 6.90. The van der Waals surface area contributed by atoms with Gasteiger partial charge in [-0.2, -0.15) is 0 Å². The summed E-state index contributed by atoms with van der Waals surface area (Å²) in [5.74, 6) is -1.01. The van der Waals surface area contributed by atoms with Crippen LogP contribution in [0.1, 0.15) is 10.4 Å². The van der Waals surface area contributed by atoms with Crippen LogP contribution >= 0.6 is 15.9 Å². The first-order valence-corrected chi connectivity index (χ1v) is 4.32. The van der Waals surface area contributed by atoms with Crippen molar-refractivity contribution in [2.45, 2.75) is 0 Å². The molecule has 0 aromatic heterocycles. The number of amides is 1. The molecule has 5 heteroatoms. The first kappa shape index (κ1) is 9.98. The molecule has 1 aromatic carbocycles. The first-order chi connectivity index (χ1) is 6.07. The van der Waals surface area contributed by atoms with E-state index >= 15 is 0 Å². The van der Waals surface area contributed by atoms with Crippen molar-refractivity contribution in [3.8, 4) is 0 Å². The maximum absolute atomic E-state index is 13.1. The normalized spacial score (nSPS) is 9.77. The lowest BCUT2D eigenvalue weighted by Gasteiger charge is -2.05. The molecule has 1 rings (SSSR count). The maximum atomic E-state index is 13.1. The maximum Gasteiger partial charge on any atom is 0.253 e. The van der Waals surface area contributed by atoms with Gasteiger partial charge in [0.2, 0.25) is 0 Å². The topological polar surface area (TPSA) is 55.1 Å². The average Bonchev–Trinajstić information content (AvgIpc) is 2.13. The van der Waals surface area contributed by atoms with Crippen molar-refractivity contribution in [1.82, 2.24) is 5.32 Å². The number of carbonyl (C=O) groups is 1. The molecule has 1 aromatic rings. The summed E-state index contributed by atoms with van der Waals surface area (Å²) in [6.07, 6.45) is 0. The molecule has 0 saturated carbocycles. The van der Waals surface area contributed by atoms with E-state index in [0.29, 0.717) is 0 Å². The van der Waals surface area contributed by atoms with E-state index < -0.39 is 11.7 Å². The van der Waals surface area contributed by atoms with Crippen LogP contribution < -0.4 is 11.1 Å². The van der Waals surface area contributed by atoms with Gasteiger partial charge in [0.15, 0.2) is 5.82 Å². The van der Waals surface area contributed by atoms with Gasteiger partial charge in [-0.15, -0.1) is 0 Å². The van der Waals surface area contributed by atoms with Crippen LogP contribution in [0.25, 0.3) is 0 Å². The SMILES string of the molecule is CNC(=O)c1ccc(Br)c(F)c1N. The number of nitrogen functional groups attached to an aromatic ring is 1. The minimum Gasteiger partial charge on any atom is -0.396 e. The highest BCUT2D eigenvalue weighted by Crippen LogP contribution is 2.24.